The van der Waals surface area contributed by atoms with E-state index >= 15 is 0 Å². The fourth-order valence-electron chi connectivity index (χ4n) is 3.51. The molecule has 0 saturated heterocycles. The highest BCUT2D eigenvalue weighted by Crippen LogP contribution is 2.33. The molecule has 1 amide bonds. The minimum Gasteiger partial charge on any atom is -0.489 e. The van der Waals surface area contributed by atoms with E-state index in [1.807, 2.05) is 6.07 Å². The molecule has 0 saturated carbocycles. The van der Waals surface area contributed by atoms with E-state index in [0.29, 0.717) is 24.3 Å². The lowest BCUT2D eigenvalue weighted by molar-refractivity contribution is -0.138. The summed E-state index contributed by atoms with van der Waals surface area (Å²) in [6.07, 6.45) is -3.77. The predicted molar refractivity (Wildman–Crippen MR) is 108 cm³/mol. The molecule has 1 aliphatic heterocycles. The maximum Gasteiger partial charge on any atom is 0.416 e. The smallest absolute Gasteiger partial charge is 0.416 e. The van der Waals surface area contributed by atoms with Crippen molar-refractivity contribution in [2.24, 2.45) is 0 Å². The zero-order valence-electron chi connectivity index (χ0n) is 17.0. The van der Waals surface area contributed by atoms with Gasteiger partial charge in [-0.1, -0.05) is 12.1 Å². The Bertz CT molecular complexity index is 976. The second-order valence-corrected chi connectivity index (χ2v) is 7.34. The van der Waals surface area contributed by atoms with Crippen LogP contribution in [0.15, 0.2) is 36.4 Å². The highest BCUT2D eigenvalue weighted by Gasteiger charge is 2.32. The monoisotopic (exact) mass is 436 g/mol. The topological polar surface area (TPSA) is 78.9 Å². The standard InChI is InChI=1S/C22H23F3N2O4/c1-14-10-15(2-4-18(14)22(23,24)25)13-31-17-3-5-19-16(11-17)7-9-27(19)20(28)12-26-8-6-21(29)30/h2-5,10-11,26H,6-9,12-13H2,1H3,(H,29,30). The van der Waals surface area contributed by atoms with E-state index in [2.05, 4.69) is 5.32 Å². The minimum atomic E-state index is -4.38. The quantitative estimate of drug-likeness (QED) is 0.619. The third kappa shape index (κ3) is 5.75. The number of carboxylic acids is 1. The van der Waals surface area contributed by atoms with Crippen LogP contribution in [-0.4, -0.2) is 36.6 Å². The first-order valence-electron chi connectivity index (χ1n) is 9.80. The number of anilines is 1. The highest BCUT2D eigenvalue weighted by molar-refractivity contribution is 5.96. The molecule has 2 aromatic rings. The number of hydrogen-bond donors (Lipinski definition) is 2. The molecule has 0 radical (unpaired) electrons. The van der Waals surface area contributed by atoms with Gasteiger partial charge in [0.1, 0.15) is 12.4 Å². The predicted octanol–water partition coefficient (Wildman–Crippen LogP) is 3.55. The van der Waals surface area contributed by atoms with Crippen molar-refractivity contribution in [2.45, 2.75) is 32.5 Å². The molecule has 3 rings (SSSR count). The maximum absolute atomic E-state index is 12.9. The number of amides is 1. The van der Waals surface area contributed by atoms with Crippen molar-refractivity contribution in [3.63, 3.8) is 0 Å². The number of carbonyl (C=O) groups excluding carboxylic acids is 1. The van der Waals surface area contributed by atoms with Crippen LogP contribution in [0.1, 0.15) is 28.7 Å². The molecular formula is C22H23F3N2O4. The summed E-state index contributed by atoms with van der Waals surface area (Å²) >= 11 is 0. The Kier molecular flexibility index (Phi) is 6.84. The first kappa shape index (κ1) is 22.6. The molecule has 0 unspecified atom stereocenters. The summed E-state index contributed by atoms with van der Waals surface area (Å²) < 4.78 is 44.4. The van der Waals surface area contributed by atoms with Crippen LogP contribution in [0.4, 0.5) is 18.9 Å². The Balaban J connectivity index is 1.58. The van der Waals surface area contributed by atoms with Gasteiger partial charge in [-0.15, -0.1) is 0 Å². The number of nitrogens with one attached hydrogen (secondary N) is 1. The van der Waals surface area contributed by atoms with Crippen molar-refractivity contribution in [3.05, 3.63) is 58.7 Å². The molecule has 0 bridgehead atoms. The molecule has 166 valence electrons. The Hall–Kier alpha value is -3.07. The van der Waals surface area contributed by atoms with Crippen molar-refractivity contribution in [2.75, 3.05) is 24.5 Å². The average molecular weight is 436 g/mol. The van der Waals surface area contributed by atoms with Crippen molar-refractivity contribution in [3.8, 4) is 5.75 Å². The number of ether oxygens (including phenoxy) is 1. The molecule has 2 N–H and O–H groups in total. The third-order valence-corrected chi connectivity index (χ3v) is 5.04. The zero-order valence-corrected chi connectivity index (χ0v) is 17.0. The molecule has 31 heavy (non-hydrogen) atoms. The first-order valence-corrected chi connectivity index (χ1v) is 9.80. The molecular weight excluding hydrogens is 413 g/mol. The van der Waals surface area contributed by atoms with Crippen LogP contribution < -0.4 is 15.0 Å². The number of carbonyl (C=O) groups is 2. The molecule has 9 heteroatoms. The second-order valence-electron chi connectivity index (χ2n) is 7.34. The van der Waals surface area contributed by atoms with Crippen LogP contribution in [0.2, 0.25) is 0 Å². The molecule has 1 heterocycles. The Labute approximate surface area is 177 Å². The van der Waals surface area contributed by atoms with Gasteiger partial charge in [0, 0.05) is 18.8 Å². The number of halogens is 3. The van der Waals surface area contributed by atoms with Crippen LogP contribution in [0.25, 0.3) is 0 Å². The van der Waals surface area contributed by atoms with Gasteiger partial charge < -0.3 is 20.1 Å². The lowest BCUT2D eigenvalue weighted by atomic mass is 10.1. The fraction of sp³-hybridized carbons (Fsp3) is 0.364. The average Bonchev–Trinajstić information content (AvgIpc) is 3.12. The van der Waals surface area contributed by atoms with Crippen LogP contribution in [0, 0.1) is 6.92 Å². The Morgan fingerprint density at radius 3 is 2.65 bits per heavy atom. The molecule has 1 aliphatic rings. The number of rotatable bonds is 8. The van der Waals surface area contributed by atoms with Crippen LogP contribution in [0.3, 0.4) is 0 Å². The number of nitrogens with zero attached hydrogens (tertiary/aromatic N) is 1. The van der Waals surface area contributed by atoms with E-state index in [1.165, 1.54) is 19.1 Å². The number of alkyl halides is 3. The highest BCUT2D eigenvalue weighted by atomic mass is 19.4. The largest absolute Gasteiger partial charge is 0.489 e. The van der Waals surface area contributed by atoms with Gasteiger partial charge in [-0.2, -0.15) is 13.2 Å². The Morgan fingerprint density at radius 2 is 1.97 bits per heavy atom. The molecule has 6 nitrogen and oxygen atoms in total. The van der Waals surface area contributed by atoms with Gasteiger partial charge in [0.25, 0.3) is 0 Å². The van der Waals surface area contributed by atoms with E-state index in [9.17, 15) is 22.8 Å². The van der Waals surface area contributed by atoms with Gasteiger partial charge in [-0.3, -0.25) is 9.59 Å². The summed E-state index contributed by atoms with van der Waals surface area (Å²) in [7, 11) is 0. The minimum absolute atomic E-state index is 0.0526. The second kappa shape index (κ2) is 9.38. The summed E-state index contributed by atoms with van der Waals surface area (Å²) in [5, 5.41) is 11.5. The maximum atomic E-state index is 12.9. The zero-order chi connectivity index (χ0) is 22.6. The summed E-state index contributed by atoms with van der Waals surface area (Å²) in [6.45, 7) is 2.35. The number of aryl methyl sites for hydroxylation is 1. The van der Waals surface area contributed by atoms with E-state index < -0.39 is 17.7 Å². The van der Waals surface area contributed by atoms with Gasteiger partial charge in [0.2, 0.25) is 5.91 Å². The SMILES string of the molecule is Cc1cc(COc2ccc3c(c2)CCN3C(=O)CNCCC(=O)O)ccc1C(F)(F)F. The summed E-state index contributed by atoms with van der Waals surface area (Å²) in [4.78, 5) is 24.5. The summed E-state index contributed by atoms with van der Waals surface area (Å²) in [6, 6.07) is 9.26. The fourth-order valence-corrected chi connectivity index (χ4v) is 3.51. The van der Waals surface area contributed by atoms with Crippen LogP contribution >= 0.6 is 0 Å². The third-order valence-electron chi connectivity index (χ3n) is 5.04. The molecule has 0 atom stereocenters. The van der Waals surface area contributed by atoms with E-state index in [-0.39, 0.29) is 37.6 Å². The number of aliphatic carboxylic acids is 1. The van der Waals surface area contributed by atoms with E-state index in [4.69, 9.17) is 9.84 Å². The number of hydrogen-bond acceptors (Lipinski definition) is 4. The number of fused-ring (bicyclic) bond motifs is 1. The van der Waals surface area contributed by atoms with Gasteiger partial charge in [0.05, 0.1) is 18.5 Å². The molecule has 0 fully saturated rings. The normalized spacial score (nSPS) is 13.2. The summed E-state index contributed by atoms with van der Waals surface area (Å²) in [5.74, 6) is -0.492. The molecule has 0 spiro atoms. The van der Waals surface area contributed by atoms with E-state index in [1.54, 1.807) is 17.0 Å². The van der Waals surface area contributed by atoms with Crippen molar-refractivity contribution in [1.82, 2.24) is 5.32 Å². The van der Waals surface area contributed by atoms with Crippen molar-refractivity contribution < 1.29 is 32.6 Å². The van der Waals surface area contributed by atoms with Crippen LogP contribution in [0.5, 0.6) is 5.75 Å². The van der Waals surface area contributed by atoms with Crippen LogP contribution in [-0.2, 0) is 28.8 Å². The lowest BCUT2D eigenvalue weighted by Crippen LogP contribution is -2.37. The lowest BCUT2D eigenvalue weighted by Gasteiger charge is -2.18. The number of benzene rings is 2. The van der Waals surface area contributed by atoms with Gasteiger partial charge >= 0.3 is 12.1 Å². The van der Waals surface area contributed by atoms with Gasteiger partial charge in [-0.25, -0.2) is 0 Å². The molecule has 0 aliphatic carbocycles. The number of carboxylic acid groups (broad SMARTS) is 1. The van der Waals surface area contributed by atoms with Crippen molar-refractivity contribution in [1.29, 1.82) is 0 Å². The Morgan fingerprint density at radius 1 is 1.19 bits per heavy atom. The van der Waals surface area contributed by atoms with Gasteiger partial charge in [-0.05, 0) is 54.3 Å². The molecule has 2 aromatic carbocycles. The first-order chi connectivity index (χ1) is 14.6. The molecule has 0 aromatic heterocycles. The van der Waals surface area contributed by atoms with Crippen molar-refractivity contribution >= 4 is 17.6 Å². The van der Waals surface area contributed by atoms with Gasteiger partial charge in [0.15, 0.2) is 0 Å². The summed E-state index contributed by atoms with van der Waals surface area (Å²) in [5.41, 5.74) is 1.85. The van der Waals surface area contributed by atoms with E-state index in [0.717, 1.165) is 17.3 Å².